The normalized spacial score (nSPS) is 18.8. The molecule has 1 aliphatic rings. The molecule has 1 heterocycles. The van der Waals surface area contributed by atoms with Gasteiger partial charge in [-0.1, -0.05) is 6.92 Å². The molecule has 1 rings (SSSR count). The van der Waals surface area contributed by atoms with Crippen LogP contribution in [0.15, 0.2) is 0 Å². The Kier molecular flexibility index (Phi) is 6.11. The molecule has 1 saturated heterocycles. The van der Waals surface area contributed by atoms with Gasteiger partial charge in [-0.3, -0.25) is 14.5 Å². The minimum atomic E-state index is -3.22. The Morgan fingerprint density at radius 2 is 1.76 bits per heavy atom. The monoisotopic (exact) mass is 321 g/mol. The molecule has 0 spiro atoms. The van der Waals surface area contributed by atoms with E-state index in [4.69, 9.17) is 5.11 Å². The second kappa shape index (κ2) is 7.19. The van der Waals surface area contributed by atoms with Crippen LogP contribution in [0.3, 0.4) is 0 Å². The summed E-state index contributed by atoms with van der Waals surface area (Å²) in [6.07, 6.45) is 1.57. The zero-order valence-electron chi connectivity index (χ0n) is 12.7. The molecule has 1 fully saturated rings. The van der Waals surface area contributed by atoms with Crippen molar-refractivity contribution in [3.05, 3.63) is 0 Å². The Bertz CT molecular complexity index is 485. The van der Waals surface area contributed by atoms with Crippen LogP contribution in [-0.4, -0.2) is 91.6 Å². The average molecular weight is 321 g/mol. The summed E-state index contributed by atoms with van der Waals surface area (Å²) >= 11 is 0. The minimum Gasteiger partial charge on any atom is -0.480 e. The second-order valence-electron chi connectivity index (χ2n) is 5.22. The van der Waals surface area contributed by atoms with Crippen LogP contribution in [0, 0.1) is 0 Å². The van der Waals surface area contributed by atoms with E-state index in [0.717, 1.165) is 6.26 Å². The number of carbonyl (C=O) groups is 2. The van der Waals surface area contributed by atoms with Crippen molar-refractivity contribution >= 4 is 21.9 Å². The molecule has 122 valence electrons. The first-order valence-corrected chi connectivity index (χ1v) is 8.67. The fraction of sp³-hybridized carbons (Fsp3) is 0.833. The molecule has 0 saturated carbocycles. The van der Waals surface area contributed by atoms with Crippen molar-refractivity contribution in [2.45, 2.75) is 19.4 Å². The molecule has 0 bridgehead atoms. The highest BCUT2D eigenvalue weighted by atomic mass is 32.2. The van der Waals surface area contributed by atoms with Crippen LogP contribution in [-0.2, 0) is 19.6 Å². The van der Waals surface area contributed by atoms with Crippen LogP contribution in [0.25, 0.3) is 0 Å². The Morgan fingerprint density at radius 1 is 1.24 bits per heavy atom. The topological polar surface area (TPSA) is 98.2 Å². The summed E-state index contributed by atoms with van der Waals surface area (Å²) in [4.78, 5) is 26.3. The fourth-order valence-electron chi connectivity index (χ4n) is 2.37. The molecular weight excluding hydrogens is 298 g/mol. The quantitative estimate of drug-likeness (QED) is 0.666. The van der Waals surface area contributed by atoms with Gasteiger partial charge in [-0.05, 0) is 13.5 Å². The van der Waals surface area contributed by atoms with E-state index in [1.165, 1.54) is 9.21 Å². The number of carboxylic acids is 1. The molecule has 1 unspecified atom stereocenters. The van der Waals surface area contributed by atoms with Crippen LogP contribution in [0.2, 0.25) is 0 Å². The first-order valence-electron chi connectivity index (χ1n) is 6.82. The molecule has 0 radical (unpaired) electrons. The predicted octanol–water partition coefficient (Wildman–Crippen LogP) is -1.11. The van der Waals surface area contributed by atoms with E-state index in [2.05, 4.69) is 0 Å². The van der Waals surface area contributed by atoms with E-state index in [0.29, 0.717) is 19.5 Å². The smallest absolute Gasteiger partial charge is 0.320 e. The molecule has 9 heteroatoms. The maximum atomic E-state index is 12.1. The molecule has 1 aliphatic heterocycles. The maximum Gasteiger partial charge on any atom is 0.320 e. The summed E-state index contributed by atoms with van der Waals surface area (Å²) in [5, 5.41) is 9.05. The van der Waals surface area contributed by atoms with Gasteiger partial charge in [0.2, 0.25) is 15.9 Å². The maximum absolute atomic E-state index is 12.1. The van der Waals surface area contributed by atoms with Gasteiger partial charge in [0, 0.05) is 26.2 Å². The van der Waals surface area contributed by atoms with Crippen molar-refractivity contribution in [1.82, 2.24) is 14.1 Å². The van der Waals surface area contributed by atoms with Gasteiger partial charge in [0.15, 0.2) is 0 Å². The summed E-state index contributed by atoms with van der Waals surface area (Å²) in [5.74, 6) is -1.12. The number of amides is 1. The zero-order chi connectivity index (χ0) is 16.2. The lowest BCUT2D eigenvalue weighted by atomic mass is 10.2. The van der Waals surface area contributed by atoms with E-state index in [1.54, 1.807) is 18.9 Å². The SMILES string of the molecule is CCC(C(=O)O)N(C)CC(=O)N1CCN(S(C)(=O)=O)CC1. The molecule has 8 nitrogen and oxygen atoms in total. The summed E-state index contributed by atoms with van der Waals surface area (Å²) in [6, 6.07) is -0.689. The summed E-state index contributed by atoms with van der Waals surface area (Å²) < 4.78 is 24.1. The first-order chi connectivity index (χ1) is 9.66. The van der Waals surface area contributed by atoms with Crippen molar-refractivity contribution in [1.29, 1.82) is 0 Å². The number of sulfonamides is 1. The average Bonchev–Trinajstić information content (AvgIpc) is 2.38. The van der Waals surface area contributed by atoms with Gasteiger partial charge < -0.3 is 10.0 Å². The third-order valence-electron chi connectivity index (χ3n) is 3.65. The minimum absolute atomic E-state index is 0.0175. The Morgan fingerprint density at radius 3 is 2.14 bits per heavy atom. The van der Waals surface area contributed by atoms with E-state index < -0.39 is 22.0 Å². The second-order valence-corrected chi connectivity index (χ2v) is 7.20. The number of piperazine rings is 1. The number of hydrogen-bond donors (Lipinski definition) is 1. The van der Waals surface area contributed by atoms with Gasteiger partial charge in [-0.2, -0.15) is 4.31 Å². The Balaban J connectivity index is 2.53. The lowest BCUT2D eigenvalue weighted by Crippen LogP contribution is -2.53. The van der Waals surface area contributed by atoms with E-state index in [1.807, 2.05) is 0 Å². The molecule has 0 aromatic carbocycles. The van der Waals surface area contributed by atoms with Gasteiger partial charge >= 0.3 is 5.97 Å². The fourth-order valence-corrected chi connectivity index (χ4v) is 3.19. The van der Waals surface area contributed by atoms with Crippen LogP contribution in [0.1, 0.15) is 13.3 Å². The third kappa shape index (κ3) is 4.94. The lowest BCUT2D eigenvalue weighted by Gasteiger charge is -2.34. The number of hydrogen-bond acceptors (Lipinski definition) is 5. The van der Waals surface area contributed by atoms with E-state index in [-0.39, 0.29) is 25.5 Å². The highest BCUT2D eigenvalue weighted by Crippen LogP contribution is 2.08. The van der Waals surface area contributed by atoms with Crippen LogP contribution >= 0.6 is 0 Å². The largest absolute Gasteiger partial charge is 0.480 e. The molecule has 0 aliphatic carbocycles. The predicted molar refractivity (Wildman–Crippen MR) is 77.3 cm³/mol. The molecule has 1 amide bonds. The standard InChI is InChI=1S/C12H23N3O5S/c1-4-10(12(17)18)13(2)9-11(16)14-5-7-15(8-6-14)21(3,19)20/h10H,4-9H2,1-3H3,(H,17,18). The molecule has 0 aromatic rings. The molecule has 0 aromatic heterocycles. The van der Waals surface area contributed by atoms with Gasteiger partial charge in [0.1, 0.15) is 6.04 Å². The highest BCUT2D eigenvalue weighted by Gasteiger charge is 2.28. The van der Waals surface area contributed by atoms with Crippen LogP contribution in [0.4, 0.5) is 0 Å². The highest BCUT2D eigenvalue weighted by molar-refractivity contribution is 7.88. The van der Waals surface area contributed by atoms with Crippen molar-refractivity contribution in [3.8, 4) is 0 Å². The van der Waals surface area contributed by atoms with Gasteiger partial charge in [0.25, 0.3) is 0 Å². The van der Waals surface area contributed by atoms with Crippen molar-refractivity contribution in [3.63, 3.8) is 0 Å². The zero-order valence-corrected chi connectivity index (χ0v) is 13.5. The number of aliphatic carboxylic acids is 1. The molecule has 21 heavy (non-hydrogen) atoms. The number of nitrogens with zero attached hydrogens (tertiary/aromatic N) is 3. The van der Waals surface area contributed by atoms with Crippen LogP contribution in [0.5, 0.6) is 0 Å². The summed E-state index contributed by atoms with van der Waals surface area (Å²) in [6.45, 7) is 3.01. The molecule has 1 atom stereocenters. The van der Waals surface area contributed by atoms with E-state index >= 15 is 0 Å². The van der Waals surface area contributed by atoms with Crippen LogP contribution < -0.4 is 0 Å². The van der Waals surface area contributed by atoms with Crippen molar-refractivity contribution < 1.29 is 23.1 Å². The Labute approximate surface area is 125 Å². The van der Waals surface area contributed by atoms with Crippen molar-refractivity contribution in [2.24, 2.45) is 0 Å². The van der Waals surface area contributed by atoms with Crippen molar-refractivity contribution in [2.75, 3.05) is 46.0 Å². The molecule has 1 N–H and O–H groups in total. The summed E-state index contributed by atoms with van der Waals surface area (Å²) in [5.41, 5.74) is 0. The van der Waals surface area contributed by atoms with Gasteiger partial charge in [-0.25, -0.2) is 8.42 Å². The van der Waals surface area contributed by atoms with E-state index in [9.17, 15) is 18.0 Å². The number of likely N-dealkylation sites (N-methyl/N-ethyl adjacent to an activating group) is 1. The summed E-state index contributed by atoms with van der Waals surface area (Å²) in [7, 11) is -1.62. The number of rotatable bonds is 6. The van der Waals surface area contributed by atoms with Gasteiger partial charge in [-0.15, -0.1) is 0 Å². The van der Waals surface area contributed by atoms with Gasteiger partial charge in [0.05, 0.1) is 12.8 Å². The number of carboxylic acid groups (broad SMARTS) is 1. The lowest BCUT2D eigenvalue weighted by molar-refractivity contribution is -0.144. The molecular formula is C12H23N3O5S. The number of carbonyl (C=O) groups excluding carboxylic acids is 1. The third-order valence-corrected chi connectivity index (χ3v) is 4.95. The Hall–Kier alpha value is -1.19. The first kappa shape index (κ1) is 17.9.